The number of rotatable bonds is 7. The lowest BCUT2D eigenvalue weighted by Crippen LogP contribution is -2.16. The summed E-state index contributed by atoms with van der Waals surface area (Å²) in [6.45, 7) is 3.63. The summed E-state index contributed by atoms with van der Waals surface area (Å²) in [5.74, 6) is -0.536. The van der Waals surface area contributed by atoms with Crippen LogP contribution in [0.3, 0.4) is 0 Å². The third-order valence-electron chi connectivity index (χ3n) is 4.50. The van der Waals surface area contributed by atoms with Gasteiger partial charge in [-0.15, -0.1) is 0 Å². The molecule has 0 aliphatic heterocycles. The minimum absolute atomic E-state index is 0.0611. The van der Waals surface area contributed by atoms with E-state index in [0.717, 1.165) is 11.8 Å². The van der Waals surface area contributed by atoms with Gasteiger partial charge in [0.15, 0.2) is 0 Å². The maximum atomic E-state index is 12.7. The summed E-state index contributed by atoms with van der Waals surface area (Å²) in [6, 6.07) is 17.3. The minimum Gasteiger partial charge on any atom is -0.322 e. The van der Waals surface area contributed by atoms with Gasteiger partial charge >= 0.3 is 0 Å². The molecule has 0 heterocycles. The Kier molecular flexibility index (Phi) is 6.56. The molecule has 1 amide bonds. The number of nitrogens with one attached hydrogen (secondary N) is 3. The molecule has 0 aromatic heterocycles. The van der Waals surface area contributed by atoms with Crippen molar-refractivity contribution in [3.05, 3.63) is 83.4 Å². The van der Waals surface area contributed by atoms with Crippen LogP contribution in [-0.4, -0.2) is 29.0 Å². The van der Waals surface area contributed by atoms with Gasteiger partial charge in [0.05, 0.1) is 16.8 Å². The molecule has 10 heteroatoms. The Labute approximate surface area is 187 Å². The molecule has 0 aliphatic rings. The van der Waals surface area contributed by atoms with Crippen LogP contribution in [0.1, 0.15) is 21.5 Å². The fraction of sp³-hybridized carbons (Fsp3) is 0.136. The van der Waals surface area contributed by atoms with Crippen LogP contribution in [-0.2, 0) is 20.0 Å². The van der Waals surface area contributed by atoms with E-state index in [1.54, 1.807) is 43.3 Å². The van der Waals surface area contributed by atoms with Crippen molar-refractivity contribution in [1.29, 1.82) is 0 Å². The monoisotopic (exact) mass is 473 g/mol. The zero-order chi connectivity index (χ0) is 23.5. The van der Waals surface area contributed by atoms with Crippen LogP contribution in [0.15, 0.2) is 71.6 Å². The second-order valence-electron chi connectivity index (χ2n) is 7.36. The maximum absolute atomic E-state index is 12.7. The summed E-state index contributed by atoms with van der Waals surface area (Å²) in [5.41, 5.74) is 2.93. The molecule has 0 radical (unpaired) electrons. The maximum Gasteiger partial charge on any atom is 0.261 e. The molecule has 0 fully saturated rings. The van der Waals surface area contributed by atoms with Gasteiger partial charge in [-0.2, -0.15) is 0 Å². The van der Waals surface area contributed by atoms with Gasteiger partial charge in [0.1, 0.15) is 0 Å². The number of hydrogen-bond donors (Lipinski definition) is 3. The fourth-order valence-corrected chi connectivity index (χ4v) is 4.58. The standard InChI is InChI=1S/C22H23N3O5S2/c1-15-7-10-18(11-8-15)24-32(29,30)20-6-4-5-17(13-20)22(26)23-19-12-9-16(2)21(14-19)25-31(3,27)28/h4-14,24-25H,1-3H3,(H,23,26). The number of aryl methyl sites for hydroxylation is 2. The third-order valence-corrected chi connectivity index (χ3v) is 6.47. The molecule has 0 unspecified atom stereocenters. The fourth-order valence-electron chi connectivity index (χ4n) is 2.85. The van der Waals surface area contributed by atoms with Crippen LogP contribution in [0.4, 0.5) is 17.1 Å². The Morgan fingerprint density at radius 3 is 2.09 bits per heavy atom. The molecule has 8 nitrogen and oxygen atoms in total. The molecule has 168 valence electrons. The van der Waals surface area contributed by atoms with Crippen molar-refractivity contribution in [2.75, 3.05) is 21.0 Å². The van der Waals surface area contributed by atoms with Crippen LogP contribution < -0.4 is 14.8 Å². The van der Waals surface area contributed by atoms with E-state index in [1.165, 1.54) is 30.3 Å². The van der Waals surface area contributed by atoms with Crippen LogP contribution in [0.2, 0.25) is 0 Å². The van der Waals surface area contributed by atoms with E-state index in [4.69, 9.17) is 0 Å². The summed E-state index contributed by atoms with van der Waals surface area (Å²) < 4.78 is 53.4. The van der Waals surface area contributed by atoms with Crippen LogP contribution >= 0.6 is 0 Å². The molecule has 3 aromatic rings. The Balaban J connectivity index is 1.81. The molecule has 0 saturated carbocycles. The normalized spacial score (nSPS) is 11.6. The Morgan fingerprint density at radius 1 is 0.781 bits per heavy atom. The molecule has 32 heavy (non-hydrogen) atoms. The molecule has 0 saturated heterocycles. The quantitative estimate of drug-likeness (QED) is 0.483. The van der Waals surface area contributed by atoms with Gasteiger partial charge in [0, 0.05) is 16.9 Å². The molecule has 0 spiro atoms. The highest BCUT2D eigenvalue weighted by Gasteiger charge is 2.17. The van der Waals surface area contributed by atoms with E-state index in [0.29, 0.717) is 22.6 Å². The summed E-state index contributed by atoms with van der Waals surface area (Å²) in [5, 5.41) is 2.66. The average molecular weight is 474 g/mol. The number of amides is 1. The summed E-state index contributed by atoms with van der Waals surface area (Å²) in [6.07, 6.45) is 1.04. The lowest BCUT2D eigenvalue weighted by molar-refractivity contribution is 0.102. The molecular weight excluding hydrogens is 450 g/mol. The number of hydrogen-bond acceptors (Lipinski definition) is 5. The van der Waals surface area contributed by atoms with E-state index in [-0.39, 0.29) is 10.5 Å². The molecule has 0 atom stereocenters. The predicted molar refractivity (Wildman–Crippen MR) is 126 cm³/mol. The topological polar surface area (TPSA) is 121 Å². The summed E-state index contributed by atoms with van der Waals surface area (Å²) in [4.78, 5) is 12.6. The van der Waals surface area contributed by atoms with Crippen molar-refractivity contribution in [3.8, 4) is 0 Å². The van der Waals surface area contributed by atoms with E-state index in [9.17, 15) is 21.6 Å². The van der Waals surface area contributed by atoms with Crippen LogP contribution in [0.5, 0.6) is 0 Å². The Morgan fingerprint density at radius 2 is 1.44 bits per heavy atom. The first-order valence-corrected chi connectivity index (χ1v) is 12.9. The van der Waals surface area contributed by atoms with Crippen molar-refractivity contribution in [1.82, 2.24) is 0 Å². The number of benzene rings is 3. The first-order chi connectivity index (χ1) is 14.9. The van der Waals surface area contributed by atoms with E-state index < -0.39 is 26.0 Å². The highest BCUT2D eigenvalue weighted by molar-refractivity contribution is 7.92. The number of carbonyl (C=O) groups excluding carboxylic acids is 1. The van der Waals surface area contributed by atoms with E-state index in [2.05, 4.69) is 14.8 Å². The van der Waals surface area contributed by atoms with Crippen LogP contribution in [0.25, 0.3) is 0 Å². The molecule has 0 aliphatic carbocycles. The lowest BCUT2D eigenvalue weighted by Gasteiger charge is -2.12. The Hall–Kier alpha value is -3.37. The molecular formula is C22H23N3O5S2. The van der Waals surface area contributed by atoms with Crippen molar-refractivity contribution >= 4 is 43.0 Å². The molecule has 3 N–H and O–H groups in total. The average Bonchev–Trinajstić information content (AvgIpc) is 2.71. The van der Waals surface area contributed by atoms with Crippen molar-refractivity contribution in [2.45, 2.75) is 18.7 Å². The SMILES string of the molecule is Cc1ccc(NS(=O)(=O)c2cccc(C(=O)Nc3ccc(C)c(NS(C)(=O)=O)c3)c2)cc1. The van der Waals surface area contributed by atoms with Crippen LogP contribution in [0, 0.1) is 13.8 Å². The second-order valence-corrected chi connectivity index (χ2v) is 10.8. The van der Waals surface area contributed by atoms with Gasteiger partial charge in [0.2, 0.25) is 10.0 Å². The number of carbonyl (C=O) groups is 1. The number of anilines is 3. The molecule has 3 rings (SSSR count). The molecule has 3 aromatic carbocycles. The zero-order valence-electron chi connectivity index (χ0n) is 17.7. The predicted octanol–water partition coefficient (Wildman–Crippen LogP) is 3.73. The first kappa shape index (κ1) is 23.3. The van der Waals surface area contributed by atoms with Gasteiger partial charge in [-0.1, -0.05) is 29.8 Å². The first-order valence-electron chi connectivity index (χ1n) is 9.52. The van der Waals surface area contributed by atoms with Gasteiger partial charge in [0.25, 0.3) is 15.9 Å². The zero-order valence-corrected chi connectivity index (χ0v) is 19.3. The van der Waals surface area contributed by atoms with Crippen molar-refractivity contribution in [3.63, 3.8) is 0 Å². The second kappa shape index (κ2) is 9.01. The smallest absolute Gasteiger partial charge is 0.261 e. The molecule has 0 bridgehead atoms. The Bertz CT molecular complexity index is 1370. The highest BCUT2D eigenvalue weighted by Crippen LogP contribution is 2.23. The number of sulfonamides is 2. The van der Waals surface area contributed by atoms with Gasteiger partial charge in [-0.05, 0) is 61.9 Å². The third kappa shape index (κ3) is 6.08. The van der Waals surface area contributed by atoms with Crippen molar-refractivity contribution in [2.24, 2.45) is 0 Å². The summed E-state index contributed by atoms with van der Waals surface area (Å²) in [7, 11) is -7.38. The van der Waals surface area contributed by atoms with Gasteiger partial charge in [-0.3, -0.25) is 14.2 Å². The van der Waals surface area contributed by atoms with Gasteiger partial charge in [-0.25, -0.2) is 16.8 Å². The van der Waals surface area contributed by atoms with Gasteiger partial charge < -0.3 is 5.32 Å². The largest absolute Gasteiger partial charge is 0.322 e. The minimum atomic E-state index is -3.89. The summed E-state index contributed by atoms with van der Waals surface area (Å²) >= 11 is 0. The van der Waals surface area contributed by atoms with E-state index in [1.807, 2.05) is 6.92 Å². The lowest BCUT2D eigenvalue weighted by atomic mass is 10.1. The van der Waals surface area contributed by atoms with E-state index >= 15 is 0 Å². The van der Waals surface area contributed by atoms with Crippen molar-refractivity contribution < 1.29 is 21.6 Å². The highest BCUT2D eigenvalue weighted by atomic mass is 32.2.